The van der Waals surface area contributed by atoms with Crippen LogP contribution < -0.4 is 0 Å². The first kappa shape index (κ1) is 17.2. The molecule has 0 fully saturated rings. The summed E-state index contributed by atoms with van der Waals surface area (Å²) >= 11 is 0. The first-order chi connectivity index (χ1) is 11.8. The Bertz CT molecular complexity index is 1020. The fourth-order valence-electron chi connectivity index (χ4n) is 2.33. The van der Waals surface area contributed by atoms with Gasteiger partial charge in [-0.05, 0) is 30.3 Å². The van der Waals surface area contributed by atoms with Gasteiger partial charge in [-0.2, -0.15) is 5.10 Å². The number of sulfone groups is 1. The summed E-state index contributed by atoms with van der Waals surface area (Å²) in [4.78, 5) is 3.59. The van der Waals surface area contributed by atoms with Gasteiger partial charge in [0.2, 0.25) is 0 Å². The molecular weight excluding hydrogens is 355 g/mol. The lowest BCUT2D eigenvalue weighted by Gasteiger charge is -2.08. The van der Waals surface area contributed by atoms with E-state index in [-0.39, 0.29) is 17.1 Å². The highest BCUT2D eigenvalue weighted by Gasteiger charge is 2.20. The zero-order chi connectivity index (χ0) is 18.2. The zero-order valence-electron chi connectivity index (χ0n) is 12.9. The maximum Gasteiger partial charge on any atom is 0.282 e. The van der Waals surface area contributed by atoms with E-state index in [1.54, 1.807) is 18.2 Å². The molecule has 0 amide bonds. The lowest BCUT2D eigenvalue weighted by Crippen LogP contribution is -2.04. The number of halogens is 3. The van der Waals surface area contributed by atoms with Crippen molar-refractivity contribution in [2.45, 2.75) is 11.3 Å². The third kappa shape index (κ3) is 3.41. The van der Waals surface area contributed by atoms with Crippen LogP contribution in [0.15, 0.2) is 53.6 Å². The van der Waals surface area contributed by atoms with Crippen molar-refractivity contribution in [1.29, 1.82) is 0 Å². The Morgan fingerprint density at radius 2 is 1.88 bits per heavy atom. The molecular formula is C16H12F3N3O2S. The molecule has 0 spiro atoms. The van der Waals surface area contributed by atoms with Crippen LogP contribution in [0.5, 0.6) is 0 Å². The van der Waals surface area contributed by atoms with E-state index in [1.165, 1.54) is 12.3 Å². The first-order valence-electron chi connectivity index (χ1n) is 7.07. The highest BCUT2D eigenvalue weighted by Crippen LogP contribution is 2.29. The minimum Gasteiger partial charge on any atom is -0.237 e. The van der Waals surface area contributed by atoms with Gasteiger partial charge in [0, 0.05) is 18.0 Å². The smallest absolute Gasteiger partial charge is 0.237 e. The number of alkyl halides is 2. The van der Waals surface area contributed by atoms with E-state index >= 15 is 0 Å². The first-order valence-corrected chi connectivity index (χ1v) is 8.96. The topological polar surface area (TPSA) is 64.8 Å². The molecule has 0 aliphatic heterocycles. The summed E-state index contributed by atoms with van der Waals surface area (Å²) in [6.45, 7) is 0. The van der Waals surface area contributed by atoms with Crippen molar-refractivity contribution >= 4 is 9.84 Å². The predicted octanol–water partition coefficient (Wildman–Crippen LogP) is 3.41. The number of hydrogen-bond donors (Lipinski definition) is 0. The molecule has 2 heterocycles. The molecule has 0 saturated heterocycles. The van der Waals surface area contributed by atoms with Crippen LogP contribution in [0.25, 0.3) is 17.1 Å². The third-order valence-corrected chi connectivity index (χ3v) is 4.58. The van der Waals surface area contributed by atoms with E-state index in [4.69, 9.17) is 0 Å². The Hall–Kier alpha value is -2.68. The van der Waals surface area contributed by atoms with Gasteiger partial charge in [-0.15, -0.1) is 0 Å². The molecule has 130 valence electrons. The average molecular weight is 367 g/mol. The number of benzene rings is 1. The molecule has 9 heteroatoms. The van der Waals surface area contributed by atoms with Crippen LogP contribution in [0.4, 0.5) is 13.2 Å². The minimum absolute atomic E-state index is 0.174. The lowest BCUT2D eigenvalue weighted by molar-refractivity contribution is 0.145. The molecule has 3 rings (SSSR count). The molecule has 0 aliphatic rings. The second-order valence-corrected chi connectivity index (χ2v) is 7.26. The Labute approximate surface area is 141 Å². The summed E-state index contributed by atoms with van der Waals surface area (Å²) in [5.74, 6) is -0.690. The lowest BCUT2D eigenvalue weighted by atomic mass is 10.1. The van der Waals surface area contributed by atoms with E-state index in [0.29, 0.717) is 0 Å². The molecule has 3 aromatic rings. The molecule has 1 aromatic carbocycles. The van der Waals surface area contributed by atoms with Crippen LogP contribution in [-0.2, 0) is 9.84 Å². The SMILES string of the molecule is CS(=O)(=O)c1ccc(-c2cc(C(F)F)nn2-c2ccccn2)cc1F. The summed E-state index contributed by atoms with van der Waals surface area (Å²) in [6, 6.07) is 9.40. The molecule has 0 radical (unpaired) electrons. The van der Waals surface area contributed by atoms with Gasteiger partial charge in [-0.3, -0.25) is 0 Å². The van der Waals surface area contributed by atoms with E-state index < -0.39 is 32.7 Å². The third-order valence-electron chi connectivity index (χ3n) is 3.45. The van der Waals surface area contributed by atoms with Gasteiger partial charge in [0.1, 0.15) is 16.4 Å². The fourth-order valence-corrected chi connectivity index (χ4v) is 3.05. The number of nitrogens with zero attached hydrogens (tertiary/aromatic N) is 3. The molecule has 5 nitrogen and oxygen atoms in total. The number of pyridine rings is 1. The summed E-state index contributed by atoms with van der Waals surface area (Å²) < 4.78 is 64.4. The highest BCUT2D eigenvalue weighted by molar-refractivity contribution is 7.90. The molecule has 0 saturated carbocycles. The summed E-state index contributed by atoms with van der Waals surface area (Å²) in [5, 5.41) is 3.82. The number of hydrogen-bond acceptors (Lipinski definition) is 4. The Balaban J connectivity index is 2.19. The van der Waals surface area contributed by atoms with Crippen LogP contribution in [0.2, 0.25) is 0 Å². The second kappa shape index (κ2) is 6.32. The molecule has 0 N–H and O–H groups in total. The normalized spacial score (nSPS) is 11.9. The zero-order valence-corrected chi connectivity index (χ0v) is 13.7. The molecule has 25 heavy (non-hydrogen) atoms. The predicted molar refractivity (Wildman–Crippen MR) is 84.8 cm³/mol. The summed E-state index contributed by atoms with van der Waals surface area (Å²) in [6.07, 6.45) is -0.460. The van der Waals surface area contributed by atoms with Gasteiger partial charge >= 0.3 is 0 Å². The van der Waals surface area contributed by atoms with Gasteiger partial charge in [0.15, 0.2) is 15.7 Å². The molecule has 0 aliphatic carbocycles. The average Bonchev–Trinajstić information content (AvgIpc) is 3.00. The van der Waals surface area contributed by atoms with Crippen molar-refractivity contribution in [3.8, 4) is 17.1 Å². The van der Waals surface area contributed by atoms with Crippen LogP contribution in [-0.4, -0.2) is 29.4 Å². The van der Waals surface area contributed by atoms with Crippen molar-refractivity contribution in [3.05, 3.63) is 60.2 Å². The van der Waals surface area contributed by atoms with Crippen molar-refractivity contribution in [2.24, 2.45) is 0 Å². The van der Waals surface area contributed by atoms with E-state index in [1.807, 2.05) is 0 Å². The molecule has 0 atom stereocenters. The maximum absolute atomic E-state index is 14.2. The highest BCUT2D eigenvalue weighted by atomic mass is 32.2. The molecule has 0 bridgehead atoms. The minimum atomic E-state index is -3.73. The van der Waals surface area contributed by atoms with Gasteiger partial charge in [-0.1, -0.05) is 12.1 Å². The monoisotopic (exact) mass is 367 g/mol. The van der Waals surface area contributed by atoms with Gasteiger partial charge in [-0.25, -0.2) is 31.3 Å². The van der Waals surface area contributed by atoms with Gasteiger partial charge in [0.25, 0.3) is 6.43 Å². The van der Waals surface area contributed by atoms with Crippen molar-refractivity contribution in [2.75, 3.05) is 6.26 Å². The Morgan fingerprint density at radius 1 is 1.12 bits per heavy atom. The van der Waals surface area contributed by atoms with Crippen LogP contribution in [0, 0.1) is 5.82 Å². The fraction of sp³-hybridized carbons (Fsp3) is 0.125. The summed E-state index contributed by atoms with van der Waals surface area (Å²) in [7, 11) is -3.73. The van der Waals surface area contributed by atoms with E-state index in [2.05, 4.69) is 10.1 Å². The van der Waals surface area contributed by atoms with Gasteiger partial charge in [0.05, 0.1) is 5.69 Å². The number of rotatable bonds is 4. The van der Waals surface area contributed by atoms with Crippen molar-refractivity contribution < 1.29 is 21.6 Å². The largest absolute Gasteiger partial charge is 0.282 e. The van der Waals surface area contributed by atoms with E-state index in [0.717, 1.165) is 29.1 Å². The van der Waals surface area contributed by atoms with Crippen LogP contribution in [0.1, 0.15) is 12.1 Å². The Kier molecular flexibility index (Phi) is 4.34. The standard InChI is InChI=1S/C16H12F3N3O2S/c1-25(23,24)14-6-5-10(8-11(14)17)13-9-12(16(18)19)21-22(13)15-4-2-3-7-20-15/h2-9,16H,1H3. The molecule has 2 aromatic heterocycles. The van der Waals surface area contributed by atoms with Crippen molar-refractivity contribution in [1.82, 2.24) is 14.8 Å². The van der Waals surface area contributed by atoms with Crippen molar-refractivity contribution in [3.63, 3.8) is 0 Å². The second-order valence-electron chi connectivity index (χ2n) is 5.27. The number of aromatic nitrogens is 3. The van der Waals surface area contributed by atoms with Gasteiger partial charge < -0.3 is 0 Å². The van der Waals surface area contributed by atoms with Crippen LogP contribution >= 0.6 is 0 Å². The maximum atomic E-state index is 14.2. The Morgan fingerprint density at radius 3 is 2.44 bits per heavy atom. The quantitative estimate of drug-likeness (QED) is 0.709. The molecule has 0 unspecified atom stereocenters. The van der Waals surface area contributed by atoms with E-state index in [9.17, 15) is 21.6 Å². The summed E-state index contributed by atoms with van der Waals surface area (Å²) in [5.41, 5.74) is -0.115. The van der Waals surface area contributed by atoms with Crippen LogP contribution in [0.3, 0.4) is 0 Å².